The fourth-order valence-electron chi connectivity index (χ4n) is 5.18. The van der Waals surface area contributed by atoms with Crippen LogP contribution >= 0.6 is 0 Å². The number of benzene rings is 1. The summed E-state index contributed by atoms with van der Waals surface area (Å²) in [4.78, 5) is 10.8. The summed E-state index contributed by atoms with van der Waals surface area (Å²) >= 11 is 0. The summed E-state index contributed by atoms with van der Waals surface area (Å²) < 4.78 is 0. The molecule has 1 saturated heterocycles. The summed E-state index contributed by atoms with van der Waals surface area (Å²) in [7, 11) is 0. The van der Waals surface area contributed by atoms with Crippen molar-refractivity contribution >= 4 is 22.3 Å². The third-order valence-corrected chi connectivity index (χ3v) is 7.24. The Morgan fingerprint density at radius 1 is 1.04 bits per heavy atom. The van der Waals surface area contributed by atoms with Crippen LogP contribution in [0.15, 0.2) is 30.5 Å². The first-order valence-electron chi connectivity index (χ1n) is 10.5. The monoisotopic (exact) mass is 360 g/mol. The van der Waals surface area contributed by atoms with Crippen molar-refractivity contribution in [2.24, 2.45) is 5.41 Å². The van der Waals surface area contributed by atoms with Gasteiger partial charge in [-0.15, -0.1) is 0 Å². The maximum Gasteiger partial charge on any atom is 0.188 e. The Bertz CT molecular complexity index is 862. The number of nitrogens with one attached hydrogen (secondary N) is 1. The van der Waals surface area contributed by atoms with Crippen LogP contribution in [0.5, 0.6) is 0 Å². The SMILES string of the molecule is [C-]#[N+]c1ccc2nccc(NC3CCC(N4CCC5(CC4)CC5)CC3)c2c1. The normalized spacial score (nSPS) is 27.4. The average Bonchev–Trinajstić information content (AvgIpc) is 3.48. The first kappa shape index (κ1) is 17.0. The molecule has 2 aliphatic carbocycles. The van der Waals surface area contributed by atoms with E-state index in [0.29, 0.717) is 11.7 Å². The summed E-state index contributed by atoms with van der Waals surface area (Å²) in [5.41, 5.74) is 3.55. The van der Waals surface area contributed by atoms with E-state index >= 15 is 0 Å². The van der Waals surface area contributed by atoms with Crippen LogP contribution < -0.4 is 5.32 Å². The van der Waals surface area contributed by atoms with E-state index in [1.165, 1.54) is 64.5 Å². The quantitative estimate of drug-likeness (QED) is 0.745. The van der Waals surface area contributed by atoms with E-state index in [9.17, 15) is 0 Å². The van der Waals surface area contributed by atoms with Gasteiger partial charge >= 0.3 is 0 Å². The van der Waals surface area contributed by atoms with Crippen LogP contribution in [0.4, 0.5) is 11.4 Å². The Kier molecular flexibility index (Phi) is 4.28. The van der Waals surface area contributed by atoms with Crippen LogP contribution in [-0.2, 0) is 0 Å². The van der Waals surface area contributed by atoms with Gasteiger partial charge in [0.25, 0.3) is 0 Å². The highest BCUT2D eigenvalue weighted by molar-refractivity contribution is 5.93. The van der Waals surface area contributed by atoms with Crippen molar-refractivity contribution in [1.29, 1.82) is 0 Å². The predicted octanol–water partition coefficient (Wildman–Crippen LogP) is 5.38. The van der Waals surface area contributed by atoms with Gasteiger partial charge in [-0.25, -0.2) is 4.85 Å². The molecule has 0 unspecified atom stereocenters. The number of nitrogens with zero attached hydrogens (tertiary/aromatic N) is 3. The van der Waals surface area contributed by atoms with Gasteiger partial charge in [-0.1, -0.05) is 6.07 Å². The minimum atomic E-state index is 0.531. The Hall–Kier alpha value is -2.12. The minimum absolute atomic E-state index is 0.531. The highest BCUT2D eigenvalue weighted by Gasteiger charge is 2.45. The number of rotatable bonds is 3. The fourth-order valence-corrected chi connectivity index (χ4v) is 5.18. The lowest BCUT2D eigenvalue weighted by atomic mass is 9.86. The van der Waals surface area contributed by atoms with E-state index in [1.807, 2.05) is 24.4 Å². The second-order valence-electron chi connectivity index (χ2n) is 8.86. The van der Waals surface area contributed by atoms with Gasteiger partial charge in [0.2, 0.25) is 0 Å². The summed E-state index contributed by atoms with van der Waals surface area (Å²) in [5, 5.41) is 4.83. The highest BCUT2D eigenvalue weighted by atomic mass is 15.2. The van der Waals surface area contributed by atoms with Crippen LogP contribution in [0, 0.1) is 12.0 Å². The highest BCUT2D eigenvalue weighted by Crippen LogP contribution is 2.54. The molecular formula is C23H28N4. The molecule has 1 spiro atoms. The number of aromatic nitrogens is 1. The molecule has 1 aromatic carbocycles. The third kappa shape index (κ3) is 3.41. The third-order valence-electron chi connectivity index (χ3n) is 7.24. The first-order valence-corrected chi connectivity index (χ1v) is 10.5. The van der Waals surface area contributed by atoms with E-state index in [0.717, 1.165) is 28.0 Å². The molecule has 4 heteroatoms. The van der Waals surface area contributed by atoms with Crippen molar-refractivity contribution in [3.63, 3.8) is 0 Å². The van der Waals surface area contributed by atoms with E-state index in [4.69, 9.17) is 6.57 Å². The van der Waals surface area contributed by atoms with E-state index in [2.05, 4.69) is 26.1 Å². The largest absolute Gasteiger partial charge is 0.382 e. The Labute approximate surface area is 161 Å². The lowest BCUT2D eigenvalue weighted by molar-refractivity contribution is 0.0975. The van der Waals surface area contributed by atoms with E-state index in [-0.39, 0.29) is 0 Å². The number of hydrogen-bond donors (Lipinski definition) is 1. The smallest absolute Gasteiger partial charge is 0.188 e. The van der Waals surface area contributed by atoms with Crippen molar-refractivity contribution in [1.82, 2.24) is 9.88 Å². The van der Waals surface area contributed by atoms with Gasteiger partial charge in [0, 0.05) is 29.4 Å². The van der Waals surface area contributed by atoms with Crippen molar-refractivity contribution in [3.05, 3.63) is 41.9 Å². The molecule has 0 atom stereocenters. The molecule has 1 aliphatic heterocycles. The summed E-state index contributed by atoms with van der Waals surface area (Å²) in [5.74, 6) is 0. The summed E-state index contributed by atoms with van der Waals surface area (Å²) in [6.45, 7) is 9.93. The van der Waals surface area contributed by atoms with Gasteiger partial charge in [0.1, 0.15) is 0 Å². The predicted molar refractivity (Wildman–Crippen MR) is 110 cm³/mol. The molecule has 5 rings (SSSR count). The van der Waals surface area contributed by atoms with Gasteiger partial charge < -0.3 is 10.2 Å². The zero-order valence-electron chi connectivity index (χ0n) is 16.0. The molecule has 1 aromatic heterocycles. The molecule has 140 valence electrons. The molecule has 3 fully saturated rings. The molecule has 4 nitrogen and oxygen atoms in total. The van der Waals surface area contributed by atoms with Gasteiger partial charge in [-0.3, -0.25) is 4.98 Å². The van der Waals surface area contributed by atoms with Crippen molar-refractivity contribution in [2.45, 2.75) is 63.5 Å². The average molecular weight is 361 g/mol. The van der Waals surface area contributed by atoms with E-state index in [1.54, 1.807) is 0 Å². The number of anilines is 1. The number of likely N-dealkylation sites (tertiary alicyclic amines) is 1. The number of pyridine rings is 1. The molecule has 0 amide bonds. The summed E-state index contributed by atoms with van der Waals surface area (Å²) in [6, 6.07) is 9.15. The van der Waals surface area contributed by atoms with Gasteiger partial charge in [0.15, 0.2) is 5.69 Å². The lowest BCUT2D eigenvalue weighted by Crippen LogP contribution is -2.45. The molecule has 2 heterocycles. The minimum Gasteiger partial charge on any atom is -0.382 e. The van der Waals surface area contributed by atoms with Crippen molar-refractivity contribution in [3.8, 4) is 0 Å². The Morgan fingerprint density at radius 3 is 2.52 bits per heavy atom. The van der Waals surface area contributed by atoms with Gasteiger partial charge in [0.05, 0.1) is 12.1 Å². The van der Waals surface area contributed by atoms with Crippen molar-refractivity contribution < 1.29 is 0 Å². The molecule has 2 aromatic rings. The molecule has 27 heavy (non-hydrogen) atoms. The van der Waals surface area contributed by atoms with Crippen molar-refractivity contribution in [2.75, 3.05) is 18.4 Å². The maximum absolute atomic E-state index is 7.27. The van der Waals surface area contributed by atoms with Gasteiger partial charge in [-0.2, -0.15) is 0 Å². The molecule has 1 N–H and O–H groups in total. The molecule has 0 bridgehead atoms. The standard InChI is InChI=1S/C23H28N4/c1-24-18-4-7-21-20(16-18)22(8-13-25-21)26-17-2-5-19(6-3-17)27-14-11-23(9-10-23)12-15-27/h4,7-8,13,16-17,19H,2-3,5-6,9-12,14-15H2,(H,25,26). The van der Waals surface area contributed by atoms with Gasteiger partial charge in [-0.05, 0) is 88.1 Å². The fraction of sp³-hybridized carbons (Fsp3) is 0.565. The molecule has 0 radical (unpaired) electrons. The second-order valence-corrected chi connectivity index (χ2v) is 8.86. The second kappa shape index (κ2) is 6.80. The van der Waals surface area contributed by atoms with Crippen LogP contribution in [0.3, 0.4) is 0 Å². The van der Waals surface area contributed by atoms with Crippen LogP contribution in [0.25, 0.3) is 15.7 Å². The van der Waals surface area contributed by atoms with E-state index < -0.39 is 0 Å². The molecular weight excluding hydrogens is 332 g/mol. The lowest BCUT2D eigenvalue weighted by Gasteiger charge is -2.41. The number of hydrogen-bond acceptors (Lipinski definition) is 3. The number of piperidine rings is 1. The zero-order valence-corrected chi connectivity index (χ0v) is 16.0. The maximum atomic E-state index is 7.27. The summed E-state index contributed by atoms with van der Waals surface area (Å²) in [6.07, 6.45) is 12.8. The van der Waals surface area contributed by atoms with Crippen LogP contribution in [0.2, 0.25) is 0 Å². The van der Waals surface area contributed by atoms with Crippen LogP contribution in [-0.4, -0.2) is 35.1 Å². The molecule has 3 aliphatic rings. The Morgan fingerprint density at radius 2 is 1.81 bits per heavy atom. The molecule has 2 saturated carbocycles. The zero-order chi connectivity index (χ0) is 18.3. The number of fused-ring (bicyclic) bond motifs is 1. The topological polar surface area (TPSA) is 32.5 Å². The first-order chi connectivity index (χ1) is 13.2. The Balaban J connectivity index is 1.22. The van der Waals surface area contributed by atoms with Crippen LogP contribution in [0.1, 0.15) is 51.4 Å².